The minimum Gasteiger partial charge on any atom is -0.375 e. The first-order valence-electron chi connectivity index (χ1n) is 5.50. The van der Waals surface area contributed by atoms with E-state index >= 15 is 0 Å². The van der Waals surface area contributed by atoms with Crippen LogP contribution < -0.4 is 5.32 Å². The fourth-order valence-electron chi connectivity index (χ4n) is 2.04. The van der Waals surface area contributed by atoms with Crippen molar-refractivity contribution in [3.63, 3.8) is 0 Å². The van der Waals surface area contributed by atoms with Gasteiger partial charge < -0.3 is 10.1 Å². The second-order valence-corrected chi connectivity index (χ2v) is 4.06. The van der Waals surface area contributed by atoms with E-state index in [1.807, 2.05) is 6.92 Å². The zero-order valence-electron chi connectivity index (χ0n) is 9.47. The molecular formula is C12H21NO. The Bertz CT molecular complexity index is 206. The Labute approximate surface area is 87.4 Å². The van der Waals surface area contributed by atoms with Gasteiger partial charge in [0.25, 0.3) is 0 Å². The number of hydrogen-bond donors (Lipinski definition) is 1. The Balaban J connectivity index is 2.18. The topological polar surface area (TPSA) is 21.3 Å². The predicted molar refractivity (Wildman–Crippen MR) is 59.1 cm³/mol. The Morgan fingerprint density at radius 1 is 1.29 bits per heavy atom. The summed E-state index contributed by atoms with van der Waals surface area (Å²) >= 11 is 0. The van der Waals surface area contributed by atoms with E-state index in [4.69, 9.17) is 4.74 Å². The molecule has 2 heteroatoms. The van der Waals surface area contributed by atoms with Crippen LogP contribution in [0.25, 0.3) is 0 Å². The summed E-state index contributed by atoms with van der Waals surface area (Å²) in [4.78, 5) is 0. The molecule has 2 nitrogen and oxygen atoms in total. The third kappa shape index (κ3) is 4.13. The van der Waals surface area contributed by atoms with Gasteiger partial charge in [-0.05, 0) is 33.6 Å². The van der Waals surface area contributed by atoms with E-state index in [1.54, 1.807) is 0 Å². The van der Waals surface area contributed by atoms with E-state index in [9.17, 15) is 0 Å². The maximum atomic E-state index is 5.68. The fourth-order valence-corrected chi connectivity index (χ4v) is 2.04. The van der Waals surface area contributed by atoms with E-state index in [2.05, 4.69) is 31.0 Å². The van der Waals surface area contributed by atoms with Crippen molar-refractivity contribution in [1.82, 2.24) is 5.32 Å². The van der Waals surface area contributed by atoms with Gasteiger partial charge in [0, 0.05) is 19.0 Å². The molecule has 14 heavy (non-hydrogen) atoms. The quantitative estimate of drug-likeness (QED) is 0.549. The van der Waals surface area contributed by atoms with Crippen molar-refractivity contribution in [2.75, 3.05) is 6.54 Å². The van der Waals surface area contributed by atoms with Gasteiger partial charge in [0.05, 0.1) is 12.2 Å². The molecular weight excluding hydrogens is 174 g/mol. The molecule has 1 fully saturated rings. The molecule has 1 saturated heterocycles. The van der Waals surface area contributed by atoms with Crippen molar-refractivity contribution >= 4 is 0 Å². The average molecular weight is 195 g/mol. The van der Waals surface area contributed by atoms with Crippen LogP contribution in [0.2, 0.25) is 0 Å². The summed E-state index contributed by atoms with van der Waals surface area (Å²) in [6.07, 6.45) is 4.01. The van der Waals surface area contributed by atoms with Gasteiger partial charge in [0.15, 0.2) is 0 Å². The van der Waals surface area contributed by atoms with Crippen molar-refractivity contribution in [2.24, 2.45) is 0 Å². The second kappa shape index (κ2) is 6.06. The normalized spacial score (nSPS) is 32.1. The van der Waals surface area contributed by atoms with Crippen LogP contribution in [0, 0.1) is 11.8 Å². The maximum Gasteiger partial charge on any atom is 0.0565 e. The standard InChI is InChI=1S/C12H21NO/c1-4-5-6-7-13-12-8-10(2)14-11(3)9-12/h10-13H,6-9H2,1-3H3. The summed E-state index contributed by atoms with van der Waals surface area (Å²) in [5, 5.41) is 3.53. The van der Waals surface area contributed by atoms with Crippen LogP contribution in [0.1, 0.15) is 40.0 Å². The number of nitrogens with one attached hydrogen (secondary N) is 1. The minimum absolute atomic E-state index is 0.397. The van der Waals surface area contributed by atoms with Crippen LogP contribution in [0.3, 0.4) is 0 Å². The third-order valence-corrected chi connectivity index (χ3v) is 2.56. The van der Waals surface area contributed by atoms with Gasteiger partial charge in [0.2, 0.25) is 0 Å². The highest BCUT2D eigenvalue weighted by molar-refractivity contribution is 4.95. The van der Waals surface area contributed by atoms with Crippen LogP contribution in [0.4, 0.5) is 0 Å². The van der Waals surface area contributed by atoms with Gasteiger partial charge in [0.1, 0.15) is 0 Å². The molecule has 0 aromatic carbocycles. The summed E-state index contributed by atoms with van der Waals surface area (Å²) in [7, 11) is 0. The molecule has 0 aromatic rings. The summed E-state index contributed by atoms with van der Waals surface area (Å²) in [5.41, 5.74) is 0. The Morgan fingerprint density at radius 2 is 1.93 bits per heavy atom. The SMILES string of the molecule is CC#CCCNC1CC(C)OC(C)C1. The van der Waals surface area contributed by atoms with Crippen molar-refractivity contribution in [3.05, 3.63) is 0 Å². The molecule has 0 aliphatic carbocycles. The van der Waals surface area contributed by atoms with E-state index in [-0.39, 0.29) is 0 Å². The molecule has 80 valence electrons. The van der Waals surface area contributed by atoms with Gasteiger partial charge in [-0.3, -0.25) is 0 Å². The van der Waals surface area contributed by atoms with E-state index < -0.39 is 0 Å². The van der Waals surface area contributed by atoms with Crippen molar-refractivity contribution < 1.29 is 4.74 Å². The van der Waals surface area contributed by atoms with Gasteiger partial charge in [-0.15, -0.1) is 11.8 Å². The molecule has 1 aliphatic rings. The lowest BCUT2D eigenvalue weighted by molar-refractivity contribution is -0.0418. The molecule has 0 aromatic heterocycles. The third-order valence-electron chi connectivity index (χ3n) is 2.56. The molecule has 0 bridgehead atoms. The van der Waals surface area contributed by atoms with E-state index in [0.717, 1.165) is 25.8 Å². The summed E-state index contributed by atoms with van der Waals surface area (Å²) < 4.78 is 5.68. The lowest BCUT2D eigenvalue weighted by Gasteiger charge is -2.32. The average Bonchev–Trinajstić information content (AvgIpc) is 2.11. The Morgan fingerprint density at radius 3 is 2.50 bits per heavy atom. The Hall–Kier alpha value is -0.520. The second-order valence-electron chi connectivity index (χ2n) is 4.06. The van der Waals surface area contributed by atoms with Crippen molar-refractivity contribution in [3.8, 4) is 11.8 Å². The smallest absolute Gasteiger partial charge is 0.0565 e. The van der Waals surface area contributed by atoms with Crippen LogP contribution in [0.5, 0.6) is 0 Å². The number of ether oxygens (including phenoxy) is 1. The molecule has 2 atom stereocenters. The zero-order valence-corrected chi connectivity index (χ0v) is 9.47. The zero-order chi connectivity index (χ0) is 10.4. The fraction of sp³-hybridized carbons (Fsp3) is 0.833. The van der Waals surface area contributed by atoms with Gasteiger partial charge in [-0.1, -0.05) is 0 Å². The van der Waals surface area contributed by atoms with Crippen LogP contribution in [0.15, 0.2) is 0 Å². The first-order chi connectivity index (χ1) is 6.72. The van der Waals surface area contributed by atoms with E-state index in [1.165, 1.54) is 0 Å². The first kappa shape index (κ1) is 11.6. The van der Waals surface area contributed by atoms with Crippen LogP contribution in [-0.2, 0) is 4.74 Å². The van der Waals surface area contributed by atoms with Gasteiger partial charge >= 0.3 is 0 Å². The molecule has 1 rings (SSSR count). The summed E-state index contributed by atoms with van der Waals surface area (Å²) in [6, 6.07) is 0.618. The maximum absolute atomic E-state index is 5.68. The highest BCUT2D eigenvalue weighted by Crippen LogP contribution is 2.18. The molecule has 1 heterocycles. The van der Waals surface area contributed by atoms with Gasteiger partial charge in [-0.2, -0.15) is 0 Å². The molecule has 0 radical (unpaired) electrons. The predicted octanol–water partition coefficient (Wildman–Crippen LogP) is 1.95. The molecule has 0 spiro atoms. The molecule has 0 saturated carbocycles. The largest absolute Gasteiger partial charge is 0.375 e. The number of rotatable bonds is 3. The minimum atomic E-state index is 0.397. The molecule has 1 aliphatic heterocycles. The van der Waals surface area contributed by atoms with Gasteiger partial charge in [-0.25, -0.2) is 0 Å². The molecule has 0 amide bonds. The van der Waals surface area contributed by atoms with Crippen molar-refractivity contribution in [2.45, 2.75) is 58.3 Å². The highest BCUT2D eigenvalue weighted by Gasteiger charge is 2.23. The molecule has 2 unspecified atom stereocenters. The Kier molecular flexibility index (Phi) is 5.00. The first-order valence-corrected chi connectivity index (χ1v) is 5.50. The lowest BCUT2D eigenvalue weighted by atomic mass is 10.00. The highest BCUT2D eigenvalue weighted by atomic mass is 16.5. The molecule has 1 N–H and O–H groups in total. The summed E-state index contributed by atoms with van der Waals surface area (Å²) in [5.74, 6) is 5.97. The summed E-state index contributed by atoms with van der Waals surface area (Å²) in [6.45, 7) is 7.19. The van der Waals surface area contributed by atoms with Crippen LogP contribution in [-0.4, -0.2) is 24.8 Å². The number of hydrogen-bond acceptors (Lipinski definition) is 2. The van der Waals surface area contributed by atoms with Crippen molar-refractivity contribution in [1.29, 1.82) is 0 Å². The lowest BCUT2D eigenvalue weighted by Crippen LogP contribution is -2.41. The monoisotopic (exact) mass is 195 g/mol. The van der Waals surface area contributed by atoms with E-state index in [0.29, 0.717) is 18.2 Å². The van der Waals surface area contributed by atoms with Crippen LogP contribution >= 0.6 is 0 Å².